The summed E-state index contributed by atoms with van der Waals surface area (Å²) < 4.78 is 5.56. The quantitative estimate of drug-likeness (QED) is 0.480. The standard InChI is InChI=1S/C27H24N2O5/c30-24(31)17-6-5-7-18(14-17)29-25(32)27(12-13-27)16-28-26(33)34-15-23-21-10-3-1-8-19(21)20-9-2-4-11-22(20)23/h1-11,14,23H,12-13,15-16H2,(H,28,33)(H,29,32)(H,30,31). The number of ether oxygens (including phenoxy) is 1. The molecule has 7 heteroatoms. The molecule has 34 heavy (non-hydrogen) atoms. The second-order valence-corrected chi connectivity index (χ2v) is 8.80. The monoisotopic (exact) mass is 456 g/mol. The van der Waals surface area contributed by atoms with Gasteiger partial charge in [0.05, 0.1) is 11.0 Å². The summed E-state index contributed by atoms with van der Waals surface area (Å²) in [5.41, 5.74) is 4.40. The van der Waals surface area contributed by atoms with Gasteiger partial charge in [0, 0.05) is 18.2 Å². The molecule has 0 aliphatic heterocycles. The van der Waals surface area contributed by atoms with Gasteiger partial charge in [-0.25, -0.2) is 9.59 Å². The summed E-state index contributed by atoms with van der Waals surface area (Å²) in [6.45, 7) is 0.370. The maximum absolute atomic E-state index is 12.8. The molecule has 2 aliphatic carbocycles. The number of aromatic carboxylic acids is 1. The summed E-state index contributed by atoms with van der Waals surface area (Å²) in [5, 5.41) is 14.6. The summed E-state index contributed by atoms with van der Waals surface area (Å²) in [6, 6.07) is 22.3. The van der Waals surface area contributed by atoms with Crippen molar-refractivity contribution in [1.29, 1.82) is 0 Å². The second kappa shape index (κ2) is 8.67. The Morgan fingerprint density at radius 2 is 1.56 bits per heavy atom. The predicted molar refractivity (Wildman–Crippen MR) is 127 cm³/mol. The molecule has 172 valence electrons. The van der Waals surface area contributed by atoms with Gasteiger partial charge >= 0.3 is 12.1 Å². The molecule has 0 spiro atoms. The number of amides is 2. The van der Waals surface area contributed by atoms with E-state index in [4.69, 9.17) is 9.84 Å². The van der Waals surface area contributed by atoms with Crippen molar-refractivity contribution in [2.45, 2.75) is 18.8 Å². The molecule has 5 rings (SSSR count). The summed E-state index contributed by atoms with van der Waals surface area (Å²) in [7, 11) is 0. The van der Waals surface area contributed by atoms with Gasteiger partial charge in [-0.1, -0.05) is 54.6 Å². The van der Waals surface area contributed by atoms with Gasteiger partial charge in [0.15, 0.2) is 0 Å². The molecule has 3 aromatic rings. The highest BCUT2D eigenvalue weighted by Crippen LogP contribution is 2.46. The van der Waals surface area contributed by atoms with Crippen LogP contribution in [0.25, 0.3) is 11.1 Å². The van der Waals surface area contributed by atoms with Crippen molar-refractivity contribution in [2.75, 3.05) is 18.5 Å². The Hall–Kier alpha value is -4.13. The minimum absolute atomic E-state index is 0.0298. The predicted octanol–water partition coefficient (Wildman–Crippen LogP) is 4.64. The van der Waals surface area contributed by atoms with Gasteiger partial charge in [-0.3, -0.25) is 4.79 Å². The summed E-state index contributed by atoms with van der Waals surface area (Å²) >= 11 is 0. The zero-order valence-electron chi connectivity index (χ0n) is 18.4. The van der Waals surface area contributed by atoms with Gasteiger partial charge < -0.3 is 20.5 Å². The topological polar surface area (TPSA) is 105 Å². The molecule has 0 radical (unpaired) electrons. The lowest BCUT2D eigenvalue weighted by Gasteiger charge is -2.18. The van der Waals surface area contributed by atoms with Crippen LogP contribution in [0.3, 0.4) is 0 Å². The lowest BCUT2D eigenvalue weighted by atomic mass is 9.98. The van der Waals surface area contributed by atoms with E-state index in [1.54, 1.807) is 12.1 Å². The van der Waals surface area contributed by atoms with E-state index >= 15 is 0 Å². The fourth-order valence-electron chi connectivity index (χ4n) is 4.52. The maximum atomic E-state index is 12.8. The minimum atomic E-state index is -1.06. The first-order valence-corrected chi connectivity index (χ1v) is 11.2. The third kappa shape index (κ3) is 4.12. The fourth-order valence-corrected chi connectivity index (χ4v) is 4.52. The number of hydrogen-bond acceptors (Lipinski definition) is 4. The zero-order chi connectivity index (χ0) is 23.7. The van der Waals surface area contributed by atoms with Crippen LogP contribution >= 0.6 is 0 Å². The van der Waals surface area contributed by atoms with Crippen molar-refractivity contribution >= 4 is 23.7 Å². The third-order valence-corrected chi connectivity index (χ3v) is 6.62. The highest BCUT2D eigenvalue weighted by atomic mass is 16.5. The van der Waals surface area contributed by atoms with E-state index in [0.717, 1.165) is 22.3 Å². The summed E-state index contributed by atoms with van der Waals surface area (Å²) in [5.74, 6) is -1.33. The lowest BCUT2D eigenvalue weighted by Crippen LogP contribution is -2.37. The number of alkyl carbamates (subject to hydrolysis) is 1. The zero-order valence-corrected chi connectivity index (χ0v) is 18.4. The molecule has 2 aliphatic rings. The average molecular weight is 456 g/mol. The van der Waals surface area contributed by atoms with Crippen LogP contribution in [0.2, 0.25) is 0 Å². The fraction of sp³-hybridized carbons (Fsp3) is 0.222. The second-order valence-electron chi connectivity index (χ2n) is 8.80. The Balaban J connectivity index is 1.17. The van der Waals surface area contributed by atoms with Crippen molar-refractivity contribution < 1.29 is 24.2 Å². The van der Waals surface area contributed by atoms with Crippen molar-refractivity contribution in [1.82, 2.24) is 5.32 Å². The molecule has 2 amide bonds. The van der Waals surface area contributed by atoms with Crippen LogP contribution in [0.4, 0.5) is 10.5 Å². The SMILES string of the molecule is O=C(NCC1(C(=O)Nc2cccc(C(=O)O)c2)CC1)OCC1c2ccccc2-c2ccccc21. The van der Waals surface area contributed by atoms with Gasteiger partial charge in [-0.2, -0.15) is 0 Å². The molecule has 1 saturated carbocycles. The van der Waals surface area contributed by atoms with Gasteiger partial charge in [-0.05, 0) is 53.3 Å². The highest BCUT2D eigenvalue weighted by Gasteiger charge is 2.50. The molecule has 0 unspecified atom stereocenters. The first-order chi connectivity index (χ1) is 16.5. The Morgan fingerprint density at radius 1 is 0.912 bits per heavy atom. The van der Waals surface area contributed by atoms with E-state index in [-0.39, 0.29) is 30.5 Å². The van der Waals surface area contributed by atoms with Gasteiger partial charge in [0.1, 0.15) is 6.61 Å². The van der Waals surface area contributed by atoms with Crippen LogP contribution in [-0.2, 0) is 9.53 Å². The van der Waals surface area contributed by atoms with E-state index in [0.29, 0.717) is 18.5 Å². The van der Waals surface area contributed by atoms with Crippen LogP contribution in [0, 0.1) is 5.41 Å². The van der Waals surface area contributed by atoms with Crippen LogP contribution in [0.5, 0.6) is 0 Å². The molecule has 0 saturated heterocycles. The Kier molecular flexibility index (Phi) is 5.53. The van der Waals surface area contributed by atoms with Crippen molar-refractivity contribution in [3.8, 4) is 11.1 Å². The maximum Gasteiger partial charge on any atom is 0.407 e. The van der Waals surface area contributed by atoms with E-state index in [1.165, 1.54) is 12.1 Å². The summed E-state index contributed by atoms with van der Waals surface area (Å²) in [6.07, 6.45) is 0.719. The van der Waals surface area contributed by atoms with Gasteiger partial charge in [0.25, 0.3) is 0 Å². The number of carboxylic acid groups (broad SMARTS) is 1. The molecule has 3 aromatic carbocycles. The molecular weight excluding hydrogens is 432 g/mol. The highest BCUT2D eigenvalue weighted by molar-refractivity contribution is 5.98. The first kappa shape index (κ1) is 21.7. The number of nitrogens with one attached hydrogen (secondary N) is 2. The minimum Gasteiger partial charge on any atom is -0.478 e. The number of rotatable bonds is 7. The third-order valence-electron chi connectivity index (χ3n) is 6.62. The smallest absolute Gasteiger partial charge is 0.407 e. The number of benzene rings is 3. The van der Waals surface area contributed by atoms with Crippen molar-refractivity contribution in [3.05, 3.63) is 89.5 Å². The van der Waals surface area contributed by atoms with Crippen LogP contribution in [0.1, 0.15) is 40.2 Å². The largest absolute Gasteiger partial charge is 0.478 e. The Bertz CT molecular complexity index is 1240. The normalized spacial score (nSPS) is 15.1. The molecular formula is C27H24N2O5. The molecule has 1 fully saturated rings. The first-order valence-electron chi connectivity index (χ1n) is 11.2. The molecule has 7 nitrogen and oxygen atoms in total. The van der Waals surface area contributed by atoms with Gasteiger partial charge in [0.2, 0.25) is 5.91 Å². The molecule has 0 bridgehead atoms. The molecule has 0 aromatic heterocycles. The van der Waals surface area contributed by atoms with E-state index in [2.05, 4.69) is 34.9 Å². The van der Waals surface area contributed by atoms with E-state index in [1.807, 2.05) is 24.3 Å². The van der Waals surface area contributed by atoms with Crippen LogP contribution in [-0.4, -0.2) is 36.2 Å². The average Bonchev–Trinajstić information content (AvgIpc) is 3.58. The number of carbonyl (C=O) groups is 3. The van der Waals surface area contributed by atoms with Crippen LogP contribution in [0.15, 0.2) is 72.8 Å². The molecule has 3 N–H and O–H groups in total. The number of hydrogen-bond donors (Lipinski definition) is 3. The molecule has 0 atom stereocenters. The van der Waals surface area contributed by atoms with Crippen molar-refractivity contribution in [3.63, 3.8) is 0 Å². The number of carboxylic acids is 1. The summed E-state index contributed by atoms with van der Waals surface area (Å²) in [4.78, 5) is 36.4. The Morgan fingerprint density at radius 3 is 2.18 bits per heavy atom. The van der Waals surface area contributed by atoms with E-state index in [9.17, 15) is 14.4 Å². The molecule has 0 heterocycles. The lowest BCUT2D eigenvalue weighted by molar-refractivity contribution is -0.120. The number of anilines is 1. The van der Waals surface area contributed by atoms with E-state index < -0.39 is 17.5 Å². The Labute approximate surface area is 196 Å². The number of carbonyl (C=O) groups excluding carboxylic acids is 2. The van der Waals surface area contributed by atoms with Crippen LogP contribution < -0.4 is 10.6 Å². The van der Waals surface area contributed by atoms with Gasteiger partial charge in [-0.15, -0.1) is 0 Å². The van der Waals surface area contributed by atoms with Crippen molar-refractivity contribution in [2.24, 2.45) is 5.41 Å². The number of fused-ring (bicyclic) bond motifs is 3.